The predicted molar refractivity (Wildman–Crippen MR) is 109 cm³/mol. The van der Waals surface area contributed by atoms with Gasteiger partial charge >= 0.3 is 5.97 Å². The van der Waals surface area contributed by atoms with Gasteiger partial charge in [0.2, 0.25) is 10.0 Å². The quantitative estimate of drug-likeness (QED) is 0.627. The second-order valence-corrected chi connectivity index (χ2v) is 9.38. The molecule has 0 unspecified atom stereocenters. The van der Waals surface area contributed by atoms with Gasteiger partial charge in [0, 0.05) is 13.1 Å². The molecule has 1 aliphatic rings. The molecule has 2 aromatic carbocycles. The largest absolute Gasteiger partial charge is 0.455 e. The molecule has 0 atom stereocenters. The van der Waals surface area contributed by atoms with Crippen LogP contribution >= 0.6 is 11.6 Å². The molecule has 2 aromatic rings. The molecule has 32 heavy (non-hydrogen) atoms. The number of hydrogen-bond donors (Lipinski definition) is 1. The van der Waals surface area contributed by atoms with Gasteiger partial charge in [0.05, 0.1) is 21.5 Å². The molecule has 7 nitrogen and oxygen atoms in total. The SMILES string of the molecule is O=C(COC(=O)C1CCN(S(=O)(=O)c2ccc(F)c(F)c2)CC1)Nc1ccc(F)cc1Cl. The number of nitrogens with one attached hydrogen (secondary N) is 1. The number of nitrogens with zero attached hydrogens (tertiary/aromatic N) is 1. The molecule has 0 saturated carbocycles. The van der Waals surface area contributed by atoms with E-state index in [1.165, 1.54) is 6.07 Å². The molecule has 0 radical (unpaired) electrons. The van der Waals surface area contributed by atoms with Crippen LogP contribution in [-0.4, -0.2) is 44.3 Å². The lowest BCUT2D eigenvalue weighted by Crippen LogP contribution is -2.41. The van der Waals surface area contributed by atoms with Crippen LogP contribution < -0.4 is 5.32 Å². The van der Waals surface area contributed by atoms with Crippen LogP contribution in [0.5, 0.6) is 0 Å². The summed E-state index contributed by atoms with van der Waals surface area (Å²) in [5.74, 6) is -4.98. The van der Waals surface area contributed by atoms with Crippen molar-refractivity contribution in [3.63, 3.8) is 0 Å². The van der Waals surface area contributed by atoms with Crippen molar-refractivity contribution in [3.8, 4) is 0 Å². The van der Waals surface area contributed by atoms with E-state index in [2.05, 4.69) is 5.32 Å². The highest BCUT2D eigenvalue weighted by molar-refractivity contribution is 7.89. The van der Waals surface area contributed by atoms with Gasteiger partial charge in [-0.2, -0.15) is 4.31 Å². The smallest absolute Gasteiger partial charge is 0.309 e. The summed E-state index contributed by atoms with van der Waals surface area (Å²) in [6.45, 7) is -0.656. The fourth-order valence-electron chi connectivity index (χ4n) is 3.15. The van der Waals surface area contributed by atoms with Crippen LogP contribution in [0.4, 0.5) is 18.9 Å². The maximum absolute atomic E-state index is 13.4. The van der Waals surface area contributed by atoms with Crippen LogP contribution in [0.1, 0.15) is 12.8 Å². The van der Waals surface area contributed by atoms with Crippen molar-refractivity contribution in [1.82, 2.24) is 4.31 Å². The molecular weight excluding hydrogens is 473 g/mol. The number of sulfonamides is 1. The van der Waals surface area contributed by atoms with Gasteiger partial charge in [-0.25, -0.2) is 21.6 Å². The number of hydrogen-bond acceptors (Lipinski definition) is 5. The summed E-state index contributed by atoms with van der Waals surface area (Å²) in [5, 5.41) is 2.38. The van der Waals surface area contributed by atoms with Gasteiger partial charge in [0.1, 0.15) is 5.82 Å². The minimum atomic E-state index is -4.05. The first-order chi connectivity index (χ1) is 15.1. The van der Waals surface area contributed by atoms with Crippen LogP contribution in [0.15, 0.2) is 41.3 Å². The van der Waals surface area contributed by atoms with Gasteiger partial charge in [0.15, 0.2) is 18.2 Å². The summed E-state index contributed by atoms with van der Waals surface area (Å²) in [6.07, 6.45) is 0.264. The van der Waals surface area contributed by atoms with Crippen LogP contribution in [-0.2, 0) is 24.3 Å². The Hall–Kier alpha value is -2.63. The molecule has 1 saturated heterocycles. The first-order valence-corrected chi connectivity index (χ1v) is 11.3. The fraction of sp³-hybridized carbons (Fsp3) is 0.300. The zero-order valence-corrected chi connectivity index (χ0v) is 18.1. The Balaban J connectivity index is 1.50. The molecule has 0 bridgehead atoms. The highest BCUT2D eigenvalue weighted by Crippen LogP contribution is 2.26. The van der Waals surface area contributed by atoms with E-state index in [1.54, 1.807) is 0 Å². The Morgan fingerprint density at radius 3 is 2.38 bits per heavy atom. The third-order valence-corrected chi connectivity index (χ3v) is 7.07. The average Bonchev–Trinajstić information content (AvgIpc) is 2.76. The van der Waals surface area contributed by atoms with E-state index < -0.39 is 51.9 Å². The standard InChI is InChI=1S/C20H18ClF3N2O5S/c21-15-9-13(22)1-4-18(15)25-19(27)11-31-20(28)12-5-7-26(8-6-12)32(29,30)14-2-3-16(23)17(24)10-14/h1-4,9-10,12H,5-8,11H2,(H,25,27). The Bertz CT molecular complexity index is 1140. The number of halogens is 4. The summed E-state index contributed by atoms with van der Waals surface area (Å²) < 4.78 is 70.8. The maximum atomic E-state index is 13.4. The van der Waals surface area contributed by atoms with E-state index in [9.17, 15) is 31.2 Å². The maximum Gasteiger partial charge on any atom is 0.309 e. The molecule has 0 aromatic heterocycles. The van der Waals surface area contributed by atoms with Crippen molar-refractivity contribution in [2.24, 2.45) is 5.92 Å². The highest BCUT2D eigenvalue weighted by Gasteiger charge is 2.33. The predicted octanol–water partition coefficient (Wildman–Crippen LogP) is 3.34. The van der Waals surface area contributed by atoms with Crippen molar-refractivity contribution in [3.05, 3.63) is 58.9 Å². The van der Waals surface area contributed by atoms with Crippen LogP contribution in [0, 0.1) is 23.4 Å². The summed E-state index contributed by atoms with van der Waals surface area (Å²) in [7, 11) is -4.05. The zero-order chi connectivity index (χ0) is 23.5. The molecule has 0 spiro atoms. The molecule has 1 fully saturated rings. The van der Waals surface area contributed by atoms with E-state index in [-0.39, 0.29) is 41.5 Å². The fourth-order valence-corrected chi connectivity index (χ4v) is 4.85. The van der Waals surface area contributed by atoms with Gasteiger partial charge in [-0.05, 0) is 49.2 Å². The first kappa shape index (κ1) is 24.0. The molecule has 3 rings (SSSR count). The molecule has 172 valence electrons. The zero-order valence-electron chi connectivity index (χ0n) is 16.5. The number of piperidine rings is 1. The lowest BCUT2D eigenvalue weighted by molar-refractivity contribution is -0.152. The Morgan fingerprint density at radius 2 is 1.75 bits per heavy atom. The monoisotopic (exact) mass is 490 g/mol. The van der Waals surface area contributed by atoms with Crippen LogP contribution in [0.2, 0.25) is 5.02 Å². The Morgan fingerprint density at radius 1 is 1.06 bits per heavy atom. The molecule has 1 N–H and O–H groups in total. The lowest BCUT2D eigenvalue weighted by Gasteiger charge is -2.30. The summed E-state index contributed by atoms with van der Waals surface area (Å²) in [6, 6.07) is 5.70. The first-order valence-electron chi connectivity index (χ1n) is 9.44. The number of benzene rings is 2. The molecule has 0 aliphatic carbocycles. The van der Waals surface area contributed by atoms with Crippen molar-refractivity contribution in [2.75, 3.05) is 25.0 Å². The molecule has 12 heteroatoms. The molecule has 1 heterocycles. The average molecular weight is 491 g/mol. The number of anilines is 1. The summed E-state index contributed by atoms with van der Waals surface area (Å²) >= 11 is 5.81. The van der Waals surface area contributed by atoms with Gasteiger partial charge in [-0.1, -0.05) is 11.6 Å². The van der Waals surface area contributed by atoms with Crippen molar-refractivity contribution >= 4 is 39.2 Å². The second-order valence-electron chi connectivity index (χ2n) is 7.03. The third kappa shape index (κ3) is 5.59. The van der Waals surface area contributed by atoms with E-state index in [0.717, 1.165) is 28.6 Å². The van der Waals surface area contributed by atoms with E-state index in [1.807, 2.05) is 0 Å². The van der Waals surface area contributed by atoms with E-state index in [4.69, 9.17) is 16.3 Å². The molecular formula is C20H18ClF3N2O5S. The Kier molecular flexibility index (Phi) is 7.42. The molecule has 1 amide bonds. The number of carbonyl (C=O) groups is 2. The number of esters is 1. The number of ether oxygens (including phenoxy) is 1. The van der Waals surface area contributed by atoms with Crippen molar-refractivity contribution in [2.45, 2.75) is 17.7 Å². The van der Waals surface area contributed by atoms with Crippen LogP contribution in [0.3, 0.4) is 0 Å². The van der Waals surface area contributed by atoms with Gasteiger partial charge in [-0.3, -0.25) is 9.59 Å². The normalized spacial score (nSPS) is 15.4. The van der Waals surface area contributed by atoms with Crippen LogP contribution in [0.25, 0.3) is 0 Å². The molecule has 1 aliphatic heterocycles. The number of amides is 1. The minimum Gasteiger partial charge on any atom is -0.455 e. The van der Waals surface area contributed by atoms with Gasteiger partial charge in [-0.15, -0.1) is 0 Å². The van der Waals surface area contributed by atoms with Gasteiger partial charge < -0.3 is 10.1 Å². The Labute approximate surface area is 187 Å². The van der Waals surface area contributed by atoms with Crippen molar-refractivity contribution in [1.29, 1.82) is 0 Å². The second kappa shape index (κ2) is 9.88. The summed E-state index contributed by atoms with van der Waals surface area (Å²) in [5.41, 5.74) is 0.157. The van der Waals surface area contributed by atoms with E-state index in [0.29, 0.717) is 6.07 Å². The topological polar surface area (TPSA) is 92.8 Å². The third-order valence-electron chi connectivity index (χ3n) is 4.87. The van der Waals surface area contributed by atoms with Gasteiger partial charge in [0.25, 0.3) is 5.91 Å². The number of rotatable bonds is 6. The van der Waals surface area contributed by atoms with Crippen molar-refractivity contribution < 1.29 is 35.9 Å². The summed E-state index contributed by atoms with van der Waals surface area (Å²) in [4.78, 5) is 23.8. The van der Waals surface area contributed by atoms with E-state index >= 15 is 0 Å². The lowest BCUT2D eigenvalue weighted by atomic mass is 9.98. The highest BCUT2D eigenvalue weighted by atomic mass is 35.5. The minimum absolute atomic E-state index is 0.0145. The number of carbonyl (C=O) groups excluding carboxylic acids is 2.